The fourth-order valence-electron chi connectivity index (χ4n) is 4.78. The molecule has 0 saturated carbocycles. The second-order valence-electron chi connectivity index (χ2n) is 8.42. The van der Waals surface area contributed by atoms with E-state index >= 15 is 0 Å². The maximum atomic E-state index is 14.0. The maximum Gasteiger partial charge on any atom is 0.338 e. The van der Waals surface area contributed by atoms with Crippen LogP contribution in [0.1, 0.15) is 37.9 Å². The van der Waals surface area contributed by atoms with Crippen molar-refractivity contribution >= 4 is 40.2 Å². The third-order valence-corrected chi connectivity index (χ3v) is 7.41. The van der Waals surface area contributed by atoms with E-state index in [1.54, 1.807) is 36.9 Å². The number of ether oxygens (including phenoxy) is 1. The number of nitrogens with zero attached hydrogens (tertiary/aromatic N) is 4. The first-order valence-corrected chi connectivity index (χ1v) is 12.5. The topological polar surface area (TPSA) is 124 Å². The molecule has 3 aromatic rings. The summed E-state index contributed by atoms with van der Waals surface area (Å²) in [5.74, 6) is -0.958. The van der Waals surface area contributed by atoms with Crippen LogP contribution in [0.3, 0.4) is 0 Å². The summed E-state index contributed by atoms with van der Waals surface area (Å²) >= 11 is 1.06. The van der Waals surface area contributed by atoms with Crippen LogP contribution in [0.25, 0.3) is 5.57 Å². The average molecular weight is 519 g/mol. The molecule has 0 radical (unpaired) electrons. The number of esters is 1. The van der Waals surface area contributed by atoms with Gasteiger partial charge in [0.15, 0.2) is 4.80 Å². The molecule has 1 amide bonds. The van der Waals surface area contributed by atoms with Crippen molar-refractivity contribution in [1.29, 1.82) is 0 Å². The summed E-state index contributed by atoms with van der Waals surface area (Å²) in [6.07, 6.45) is 0. The molecule has 0 aliphatic carbocycles. The summed E-state index contributed by atoms with van der Waals surface area (Å²) in [6, 6.07) is 12.0. The Morgan fingerprint density at radius 3 is 2.62 bits per heavy atom. The Morgan fingerprint density at radius 1 is 1.16 bits per heavy atom. The van der Waals surface area contributed by atoms with Gasteiger partial charge in [-0.25, -0.2) is 9.79 Å². The molecule has 2 aliphatic heterocycles. The Kier molecular flexibility index (Phi) is 6.08. The second kappa shape index (κ2) is 9.25. The molecular weight excluding hydrogens is 496 g/mol. The molecule has 3 heterocycles. The number of hydrogen-bond donors (Lipinski definition) is 0. The van der Waals surface area contributed by atoms with Gasteiger partial charge in [-0.2, -0.15) is 0 Å². The number of hydrogen-bond acceptors (Lipinski definition) is 8. The van der Waals surface area contributed by atoms with Gasteiger partial charge in [0.2, 0.25) is 0 Å². The minimum absolute atomic E-state index is 0.101. The fraction of sp³-hybridized carbons (Fsp3) is 0.231. The minimum atomic E-state index is -1.02. The van der Waals surface area contributed by atoms with E-state index in [0.717, 1.165) is 17.0 Å². The molecule has 10 nitrogen and oxygen atoms in total. The van der Waals surface area contributed by atoms with Crippen LogP contribution in [0.4, 0.5) is 11.4 Å². The molecule has 1 aromatic heterocycles. The van der Waals surface area contributed by atoms with E-state index in [-0.39, 0.29) is 38.7 Å². The van der Waals surface area contributed by atoms with Crippen molar-refractivity contribution in [3.63, 3.8) is 0 Å². The highest BCUT2D eigenvalue weighted by Gasteiger charge is 2.37. The molecule has 0 unspecified atom stereocenters. The first kappa shape index (κ1) is 24.3. The zero-order chi connectivity index (χ0) is 26.4. The van der Waals surface area contributed by atoms with Crippen molar-refractivity contribution in [1.82, 2.24) is 4.57 Å². The van der Waals surface area contributed by atoms with Crippen molar-refractivity contribution in [2.75, 3.05) is 18.1 Å². The lowest BCUT2D eigenvalue weighted by atomic mass is 9.95. The monoisotopic (exact) mass is 518 g/mol. The Hall–Kier alpha value is -4.38. The Morgan fingerprint density at radius 2 is 1.92 bits per heavy atom. The van der Waals surface area contributed by atoms with E-state index in [2.05, 4.69) is 4.99 Å². The van der Waals surface area contributed by atoms with E-state index < -0.39 is 22.5 Å². The lowest BCUT2D eigenvalue weighted by molar-refractivity contribution is -0.384. The number of likely N-dealkylation sites (N-methyl/N-ethyl adjacent to an activating group) is 1. The molecule has 5 rings (SSSR count). The molecule has 0 bridgehead atoms. The molecule has 2 aliphatic rings. The first-order chi connectivity index (χ1) is 17.8. The summed E-state index contributed by atoms with van der Waals surface area (Å²) in [5, 5.41) is 11.5. The van der Waals surface area contributed by atoms with Crippen LogP contribution >= 0.6 is 11.3 Å². The van der Waals surface area contributed by atoms with E-state index in [9.17, 15) is 24.5 Å². The predicted molar refractivity (Wildman–Crippen MR) is 137 cm³/mol. The maximum absolute atomic E-state index is 14.0. The van der Waals surface area contributed by atoms with Gasteiger partial charge in [-0.15, -0.1) is 0 Å². The Labute approximate surface area is 214 Å². The third-order valence-electron chi connectivity index (χ3n) is 6.36. The highest BCUT2D eigenvalue weighted by molar-refractivity contribution is 7.07. The SMILES string of the molecule is CCOC(=O)C1=C(C)N=c2s/c(=C3\C(=O)N(CC)c4ccccc43)c(=O)n2[C@H]1c1cccc([N+](=O)[O-])c1. The number of allylic oxidation sites excluding steroid dienone is 1. The Balaban J connectivity index is 1.84. The minimum Gasteiger partial charge on any atom is -0.463 e. The number of carbonyl (C=O) groups is 2. The van der Waals surface area contributed by atoms with E-state index in [4.69, 9.17) is 4.74 Å². The summed E-state index contributed by atoms with van der Waals surface area (Å²) in [4.78, 5) is 57.8. The van der Waals surface area contributed by atoms with Crippen molar-refractivity contribution < 1.29 is 19.2 Å². The number of aromatic nitrogens is 1. The average Bonchev–Trinajstić information content (AvgIpc) is 3.35. The smallest absolute Gasteiger partial charge is 0.338 e. The van der Waals surface area contributed by atoms with Crippen LogP contribution in [0.15, 0.2) is 69.6 Å². The number of non-ortho nitro benzene ring substituents is 1. The van der Waals surface area contributed by atoms with Crippen LogP contribution < -0.4 is 19.8 Å². The summed E-state index contributed by atoms with van der Waals surface area (Å²) in [7, 11) is 0. The predicted octanol–water partition coefficient (Wildman–Crippen LogP) is 2.44. The number of nitro benzene ring substituents is 1. The van der Waals surface area contributed by atoms with Crippen molar-refractivity contribution in [2.45, 2.75) is 26.8 Å². The molecule has 37 heavy (non-hydrogen) atoms. The number of thiazole rings is 1. The van der Waals surface area contributed by atoms with Crippen molar-refractivity contribution in [3.8, 4) is 0 Å². The summed E-state index contributed by atoms with van der Waals surface area (Å²) < 4.78 is 6.79. The quantitative estimate of drug-likeness (QED) is 0.290. The standard InChI is InChI=1S/C26H22N4O6S/c1-4-28-18-12-7-6-11-17(18)20(23(28)31)22-24(32)29-21(15-9-8-10-16(13-15)30(34)35)19(25(33)36-5-2)14(3)27-26(29)37-22/h6-13,21H,4-5H2,1-3H3/b22-20-/t21-/m0/s1. The molecule has 0 spiro atoms. The largest absolute Gasteiger partial charge is 0.463 e. The van der Waals surface area contributed by atoms with E-state index in [0.29, 0.717) is 23.4 Å². The van der Waals surface area contributed by atoms with Gasteiger partial charge in [-0.05, 0) is 32.4 Å². The molecule has 0 saturated heterocycles. The molecule has 1 atom stereocenters. The molecule has 11 heteroatoms. The molecule has 0 N–H and O–H groups in total. The van der Waals surface area contributed by atoms with Gasteiger partial charge in [-0.1, -0.05) is 41.7 Å². The van der Waals surface area contributed by atoms with Crippen molar-refractivity contribution in [3.05, 3.63) is 101 Å². The van der Waals surface area contributed by atoms with Gasteiger partial charge in [0.05, 0.1) is 40.1 Å². The normalized spacial score (nSPS) is 17.9. The van der Waals surface area contributed by atoms with Crippen molar-refractivity contribution in [2.24, 2.45) is 4.99 Å². The van der Waals surface area contributed by atoms with Gasteiger partial charge < -0.3 is 9.64 Å². The molecule has 188 valence electrons. The summed E-state index contributed by atoms with van der Waals surface area (Å²) in [6.45, 7) is 5.68. The van der Waals surface area contributed by atoms with Gasteiger partial charge in [0, 0.05) is 24.2 Å². The van der Waals surface area contributed by atoms with E-state index in [1.807, 2.05) is 19.1 Å². The molecular formula is C26H22N4O6S. The van der Waals surface area contributed by atoms with E-state index in [1.165, 1.54) is 22.8 Å². The Bertz CT molecular complexity index is 1700. The van der Waals surface area contributed by atoms with Gasteiger partial charge in [0.1, 0.15) is 4.53 Å². The number of amides is 1. The van der Waals surface area contributed by atoms with Gasteiger partial charge in [-0.3, -0.25) is 24.3 Å². The van der Waals surface area contributed by atoms with Gasteiger partial charge in [0.25, 0.3) is 17.2 Å². The zero-order valence-corrected chi connectivity index (χ0v) is 21.1. The second-order valence-corrected chi connectivity index (χ2v) is 9.39. The first-order valence-electron chi connectivity index (χ1n) is 11.7. The van der Waals surface area contributed by atoms with Crippen LogP contribution in [0.5, 0.6) is 0 Å². The number of nitro groups is 1. The number of para-hydroxylation sites is 1. The number of carbonyl (C=O) groups excluding carboxylic acids is 2. The third kappa shape index (κ3) is 3.78. The summed E-state index contributed by atoms with van der Waals surface area (Å²) in [5.41, 5.74) is 1.75. The highest BCUT2D eigenvalue weighted by Crippen LogP contribution is 2.35. The molecule has 0 fully saturated rings. The van der Waals surface area contributed by atoms with Crippen LogP contribution in [0.2, 0.25) is 0 Å². The number of benzene rings is 2. The number of rotatable bonds is 5. The van der Waals surface area contributed by atoms with Crippen LogP contribution in [-0.4, -0.2) is 34.5 Å². The zero-order valence-electron chi connectivity index (χ0n) is 20.3. The lowest BCUT2D eigenvalue weighted by Gasteiger charge is -2.24. The highest BCUT2D eigenvalue weighted by atomic mass is 32.1. The molecule has 2 aromatic carbocycles. The number of fused-ring (bicyclic) bond motifs is 2. The lowest BCUT2D eigenvalue weighted by Crippen LogP contribution is -2.41. The van der Waals surface area contributed by atoms with Crippen LogP contribution in [0, 0.1) is 10.1 Å². The fourth-order valence-corrected chi connectivity index (χ4v) is 5.92. The number of anilines is 1. The van der Waals surface area contributed by atoms with Crippen LogP contribution in [-0.2, 0) is 14.3 Å². The van der Waals surface area contributed by atoms with Gasteiger partial charge >= 0.3 is 5.97 Å².